The topological polar surface area (TPSA) is 94.6 Å². The summed E-state index contributed by atoms with van der Waals surface area (Å²) in [6, 6.07) is 9.42. The summed E-state index contributed by atoms with van der Waals surface area (Å²) in [4.78, 5) is 24.3. The summed E-state index contributed by atoms with van der Waals surface area (Å²) in [5.74, 6) is -0.295. The van der Waals surface area contributed by atoms with Crippen LogP contribution in [0.3, 0.4) is 0 Å². The van der Waals surface area contributed by atoms with Crippen molar-refractivity contribution in [2.45, 2.75) is 20.0 Å². The number of hydrogen-bond acceptors (Lipinski definition) is 6. The van der Waals surface area contributed by atoms with Crippen molar-refractivity contribution in [2.75, 3.05) is 5.32 Å². The van der Waals surface area contributed by atoms with E-state index in [4.69, 9.17) is 36.9 Å². The molecule has 0 bridgehead atoms. The molecule has 0 fully saturated rings. The molecular formula is C18H14Cl2N2O5. The molecule has 0 aliphatic carbocycles. The highest BCUT2D eigenvalue weighted by molar-refractivity contribution is 6.35. The van der Waals surface area contributed by atoms with Gasteiger partial charge in [-0.2, -0.15) is 0 Å². The lowest BCUT2D eigenvalue weighted by Crippen LogP contribution is -2.30. The van der Waals surface area contributed by atoms with Gasteiger partial charge in [0.05, 0.1) is 5.02 Å². The zero-order chi connectivity index (χ0) is 19.6. The zero-order valence-corrected chi connectivity index (χ0v) is 15.8. The molecule has 3 rings (SSSR count). The first-order valence-corrected chi connectivity index (χ1v) is 8.59. The lowest BCUT2D eigenvalue weighted by molar-refractivity contribution is -0.123. The monoisotopic (exact) mass is 408 g/mol. The van der Waals surface area contributed by atoms with E-state index >= 15 is 0 Å². The number of rotatable bonds is 5. The molecule has 9 heteroatoms. The average molecular weight is 409 g/mol. The molecule has 0 aliphatic rings. The van der Waals surface area contributed by atoms with Crippen LogP contribution in [0.25, 0.3) is 11.3 Å². The van der Waals surface area contributed by atoms with Crippen molar-refractivity contribution in [3.05, 3.63) is 58.0 Å². The van der Waals surface area contributed by atoms with Gasteiger partial charge in [0, 0.05) is 16.7 Å². The molecule has 0 unspecified atom stereocenters. The van der Waals surface area contributed by atoms with Crippen molar-refractivity contribution < 1.29 is 23.3 Å². The fourth-order valence-corrected chi connectivity index (χ4v) is 2.59. The predicted molar refractivity (Wildman–Crippen MR) is 98.9 cm³/mol. The standard InChI is InChI=1S/C18H14Cl2N2O5/c1-9-7-16(22-27-9)21-17(23)10(2)25-18(24)15-6-5-14(26-15)12-8-11(19)3-4-13(12)20/h3-8,10H,1-2H3,(H,21,22,23)/t10-/m0/s1. The maximum absolute atomic E-state index is 12.2. The number of aromatic nitrogens is 1. The Morgan fingerprint density at radius 2 is 1.96 bits per heavy atom. The zero-order valence-electron chi connectivity index (χ0n) is 14.3. The number of amides is 1. The van der Waals surface area contributed by atoms with E-state index in [1.54, 1.807) is 37.3 Å². The van der Waals surface area contributed by atoms with Crippen LogP contribution < -0.4 is 5.32 Å². The summed E-state index contributed by atoms with van der Waals surface area (Å²) in [6.45, 7) is 3.12. The molecule has 0 saturated heterocycles. The number of carbonyl (C=O) groups is 2. The molecule has 7 nitrogen and oxygen atoms in total. The SMILES string of the molecule is Cc1cc(NC(=O)[C@H](C)OC(=O)c2ccc(-c3cc(Cl)ccc3Cl)o2)no1. The number of hydrogen-bond donors (Lipinski definition) is 1. The van der Waals surface area contributed by atoms with Crippen LogP contribution in [0.1, 0.15) is 23.2 Å². The molecule has 0 spiro atoms. The van der Waals surface area contributed by atoms with Crippen LogP contribution in [0.2, 0.25) is 10.0 Å². The third-order valence-corrected chi connectivity index (χ3v) is 4.10. The Labute approximate surface area is 164 Å². The summed E-state index contributed by atoms with van der Waals surface area (Å²) in [5.41, 5.74) is 0.537. The second-order valence-electron chi connectivity index (χ2n) is 5.65. The van der Waals surface area contributed by atoms with Gasteiger partial charge in [0.2, 0.25) is 5.76 Å². The number of nitrogens with one attached hydrogen (secondary N) is 1. The molecule has 1 N–H and O–H groups in total. The van der Waals surface area contributed by atoms with Crippen molar-refractivity contribution in [3.8, 4) is 11.3 Å². The van der Waals surface area contributed by atoms with Crippen LogP contribution in [0, 0.1) is 6.92 Å². The van der Waals surface area contributed by atoms with Gasteiger partial charge in [-0.05, 0) is 44.2 Å². The minimum absolute atomic E-state index is 0.0713. The predicted octanol–water partition coefficient (Wildman–Crippen LogP) is 4.73. The molecule has 0 saturated carbocycles. The van der Waals surface area contributed by atoms with Crippen molar-refractivity contribution in [1.82, 2.24) is 5.16 Å². The van der Waals surface area contributed by atoms with Crippen LogP contribution in [0.15, 0.2) is 45.3 Å². The highest BCUT2D eigenvalue weighted by Gasteiger charge is 2.22. The third kappa shape index (κ3) is 4.50. The third-order valence-electron chi connectivity index (χ3n) is 3.53. The van der Waals surface area contributed by atoms with Crippen LogP contribution in [0.4, 0.5) is 5.82 Å². The second kappa shape index (κ2) is 7.85. The molecule has 140 valence electrons. The molecular weight excluding hydrogens is 395 g/mol. The molecule has 2 aromatic heterocycles. The average Bonchev–Trinajstić information content (AvgIpc) is 3.26. The number of anilines is 1. The maximum atomic E-state index is 12.2. The van der Waals surface area contributed by atoms with Crippen LogP contribution in [-0.4, -0.2) is 23.1 Å². The van der Waals surface area contributed by atoms with Gasteiger partial charge >= 0.3 is 5.97 Å². The van der Waals surface area contributed by atoms with E-state index in [1.165, 1.54) is 13.0 Å². The Hall–Kier alpha value is -2.77. The minimum Gasteiger partial charge on any atom is -0.449 e. The van der Waals surface area contributed by atoms with Crippen molar-refractivity contribution in [1.29, 1.82) is 0 Å². The summed E-state index contributed by atoms with van der Waals surface area (Å²) in [7, 11) is 0. The maximum Gasteiger partial charge on any atom is 0.375 e. The number of ether oxygens (including phenoxy) is 1. The highest BCUT2D eigenvalue weighted by atomic mass is 35.5. The number of aryl methyl sites for hydroxylation is 1. The largest absolute Gasteiger partial charge is 0.449 e. The smallest absolute Gasteiger partial charge is 0.375 e. The Balaban J connectivity index is 1.67. The fourth-order valence-electron chi connectivity index (χ4n) is 2.20. The van der Waals surface area contributed by atoms with Crippen molar-refractivity contribution in [3.63, 3.8) is 0 Å². The highest BCUT2D eigenvalue weighted by Crippen LogP contribution is 2.32. The van der Waals surface area contributed by atoms with Gasteiger partial charge in [-0.25, -0.2) is 4.79 Å². The van der Waals surface area contributed by atoms with Crippen LogP contribution in [0.5, 0.6) is 0 Å². The number of esters is 1. The lowest BCUT2D eigenvalue weighted by Gasteiger charge is -2.11. The molecule has 0 radical (unpaired) electrons. The van der Waals surface area contributed by atoms with E-state index in [0.29, 0.717) is 27.1 Å². The first kappa shape index (κ1) is 19.0. The first-order chi connectivity index (χ1) is 12.8. The molecule has 1 atom stereocenters. The molecule has 1 amide bonds. The first-order valence-electron chi connectivity index (χ1n) is 7.84. The van der Waals surface area contributed by atoms with Gasteiger partial charge in [0.15, 0.2) is 11.9 Å². The number of benzene rings is 1. The molecule has 27 heavy (non-hydrogen) atoms. The number of nitrogens with zero attached hydrogens (tertiary/aromatic N) is 1. The van der Waals surface area contributed by atoms with E-state index in [9.17, 15) is 9.59 Å². The Kier molecular flexibility index (Phi) is 5.53. The number of furan rings is 1. The molecule has 1 aromatic carbocycles. The summed E-state index contributed by atoms with van der Waals surface area (Å²) in [6.07, 6.45) is -1.07. The second-order valence-corrected chi connectivity index (χ2v) is 6.49. The normalized spacial score (nSPS) is 11.9. The van der Waals surface area contributed by atoms with E-state index in [-0.39, 0.29) is 11.6 Å². The molecule has 3 aromatic rings. The van der Waals surface area contributed by atoms with Gasteiger partial charge in [-0.3, -0.25) is 4.79 Å². The summed E-state index contributed by atoms with van der Waals surface area (Å²) in [5, 5.41) is 7.01. The molecule has 2 heterocycles. The van der Waals surface area contributed by atoms with Crippen molar-refractivity contribution in [2.24, 2.45) is 0 Å². The lowest BCUT2D eigenvalue weighted by atomic mass is 10.2. The van der Waals surface area contributed by atoms with Gasteiger partial charge in [0.1, 0.15) is 11.5 Å². The van der Waals surface area contributed by atoms with E-state index in [1.807, 2.05) is 0 Å². The molecule has 0 aliphatic heterocycles. The summed E-state index contributed by atoms with van der Waals surface area (Å²) >= 11 is 12.1. The van der Waals surface area contributed by atoms with Gasteiger partial charge in [-0.1, -0.05) is 28.4 Å². The van der Waals surface area contributed by atoms with Gasteiger partial charge in [-0.15, -0.1) is 0 Å². The fraction of sp³-hybridized carbons (Fsp3) is 0.167. The quantitative estimate of drug-likeness (QED) is 0.612. The number of carbonyl (C=O) groups excluding carboxylic acids is 2. The van der Waals surface area contributed by atoms with Crippen LogP contribution >= 0.6 is 23.2 Å². The van der Waals surface area contributed by atoms with E-state index < -0.39 is 18.0 Å². The Morgan fingerprint density at radius 1 is 1.19 bits per heavy atom. The summed E-state index contributed by atoms with van der Waals surface area (Å²) < 4.78 is 15.5. The van der Waals surface area contributed by atoms with Crippen molar-refractivity contribution >= 4 is 40.9 Å². The van der Waals surface area contributed by atoms with Gasteiger partial charge in [0.25, 0.3) is 5.91 Å². The minimum atomic E-state index is -1.07. The van der Waals surface area contributed by atoms with Gasteiger partial charge < -0.3 is 19.0 Å². The van der Waals surface area contributed by atoms with Crippen LogP contribution in [-0.2, 0) is 9.53 Å². The van der Waals surface area contributed by atoms with E-state index in [2.05, 4.69) is 10.5 Å². The Bertz CT molecular complexity index is 995. The van der Waals surface area contributed by atoms with E-state index in [0.717, 1.165) is 0 Å². The number of halogens is 2. The Morgan fingerprint density at radius 3 is 2.67 bits per heavy atom.